The average molecular weight is 566 g/mol. The Bertz CT molecular complexity index is 1140. The van der Waals surface area contributed by atoms with Gasteiger partial charge in [-0.1, -0.05) is 36.4 Å². The molecule has 5 rings (SSSR count). The molecule has 0 aromatic heterocycles. The fourth-order valence-electron chi connectivity index (χ4n) is 6.25. The van der Waals surface area contributed by atoms with Gasteiger partial charge in [-0.3, -0.25) is 14.5 Å². The maximum absolute atomic E-state index is 12.2. The molecule has 0 radical (unpaired) electrons. The molecule has 0 unspecified atom stereocenters. The molecule has 9 heteroatoms. The lowest BCUT2D eigenvalue weighted by Crippen LogP contribution is -2.45. The summed E-state index contributed by atoms with van der Waals surface area (Å²) in [5.41, 5.74) is 3.47. The summed E-state index contributed by atoms with van der Waals surface area (Å²) >= 11 is 0. The summed E-state index contributed by atoms with van der Waals surface area (Å²) in [6, 6.07) is 16.0. The van der Waals surface area contributed by atoms with E-state index >= 15 is 0 Å². The van der Waals surface area contributed by atoms with Crippen LogP contribution in [0.1, 0.15) is 80.5 Å². The van der Waals surface area contributed by atoms with Gasteiger partial charge in [-0.2, -0.15) is 0 Å². The van der Waals surface area contributed by atoms with Crippen molar-refractivity contribution in [1.82, 2.24) is 9.80 Å². The Morgan fingerprint density at radius 2 is 1.61 bits per heavy atom. The molecule has 41 heavy (non-hydrogen) atoms. The number of hydrogen-bond donors (Lipinski definition) is 3. The Hall–Kier alpha value is -2.82. The molecule has 0 saturated carbocycles. The summed E-state index contributed by atoms with van der Waals surface area (Å²) in [7, 11) is 0. The second-order valence-electron chi connectivity index (χ2n) is 11.6. The van der Waals surface area contributed by atoms with E-state index in [1.54, 1.807) is 0 Å². The first-order valence-corrected chi connectivity index (χ1v) is 15.1. The van der Waals surface area contributed by atoms with E-state index in [1.807, 2.05) is 48.5 Å². The number of amides is 1. The van der Waals surface area contributed by atoms with Gasteiger partial charge in [0.1, 0.15) is 0 Å². The van der Waals surface area contributed by atoms with E-state index in [-0.39, 0.29) is 37.6 Å². The molecular formula is C32H43N3O6. The van der Waals surface area contributed by atoms with Crippen molar-refractivity contribution in [2.24, 2.45) is 0 Å². The number of carboxylic acids is 1. The van der Waals surface area contributed by atoms with Crippen LogP contribution in [-0.2, 0) is 25.7 Å². The van der Waals surface area contributed by atoms with Crippen molar-refractivity contribution in [3.8, 4) is 0 Å². The predicted molar refractivity (Wildman–Crippen MR) is 155 cm³/mol. The van der Waals surface area contributed by atoms with Crippen LogP contribution < -0.4 is 5.32 Å². The molecule has 3 aliphatic heterocycles. The number of anilines is 1. The summed E-state index contributed by atoms with van der Waals surface area (Å²) in [5.74, 6) is -1.10. The number of nitrogens with zero attached hydrogens (tertiary/aromatic N) is 2. The van der Waals surface area contributed by atoms with E-state index in [0.717, 1.165) is 42.7 Å². The quantitative estimate of drug-likeness (QED) is 0.346. The number of carbonyl (C=O) groups is 2. The van der Waals surface area contributed by atoms with E-state index in [4.69, 9.17) is 14.6 Å². The van der Waals surface area contributed by atoms with Crippen LogP contribution in [0.5, 0.6) is 0 Å². The van der Waals surface area contributed by atoms with Gasteiger partial charge in [0.2, 0.25) is 5.91 Å². The summed E-state index contributed by atoms with van der Waals surface area (Å²) < 4.78 is 13.1. The third kappa shape index (κ3) is 8.36. The van der Waals surface area contributed by atoms with E-state index in [2.05, 4.69) is 15.1 Å². The summed E-state index contributed by atoms with van der Waals surface area (Å²) in [5, 5.41) is 21.1. The van der Waals surface area contributed by atoms with Crippen LogP contribution >= 0.6 is 0 Å². The smallest absolute Gasteiger partial charge is 0.303 e. The van der Waals surface area contributed by atoms with Gasteiger partial charge >= 0.3 is 5.97 Å². The number of aliphatic hydroxyl groups excluding tert-OH is 1. The molecule has 9 nitrogen and oxygen atoms in total. The Kier molecular flexibility index (Phi) is 10.4. The van der Waals surface area contributed by atoms with Crippen molar-refractivity contribution < 1.29 is 29.3 Å². The average Bonchev–Trinajstić information content (AvgIpc) is 3.65. The van der Waals surface area contributed by atoms with E-state index in [1.165, 1.54) is 38.8 Å². The van der Waals surface area contributed by atoms with Crippen molar-refractivity contribution in [1.29, 1.82) is 0 Å². The lowest BCUT2D eigenvalue weighted by Gasteiger charge is -2.39. The van der Waals surface area contributed by atoms with Crippen molar-refractivity contribution in [2.75, 3.05) is 38.0 Å². The van der Waals surface area contributed by atoms with Crippen molar-refractivity contribution in [3.05, 3.63) is 65.2 Å². The molecule has 0 aliphatic carbocycles. The van der Waals surface area contributed by atoms with Crippen LogP contribution in [0.15, 0.2) is 48.5 Å². The van der Waals surface area contributed by atoms with Crippen LogP contribution in [0, 0.1) is 0 Å². The highest BCUT2D eigenvalue weighted by molar-refractivity contribution is 5.90. The second kappa shape index (κ2) is 14.4. The first-order valence-electron chi connectivity index (χ1n) is 15.1. The van der Waals surface area contributed by atoms with Gasteiger partial charge in [0.25, 0.3) is 0 Å². The van der Waals surface area contributed by atoms with E-state index in [9.17, 15) is 14.7 Å². The predicted octanol–water partition coefficient (Wildman–Crippen LogP) is 4.48. The summed E-state index contributed by atoms with van der Waals surface area (Å²) in [6.45, 7) is 5.54. The Balaban J connectivity index is 1.26. The number of aliphatic carboxylic acids is 1. The highest BCUT2D eigenvalue weighted by atomic mass is 16.7. The van der Waals surface area contributed by atoms with Gasteiger partial charge in [0.05, 0.1) is 18.8 Å². The van der Waals surface area contributed by atoms with Crippen LogP contribution in [0.4, 0.5) is 5.69 Å². The molecule has 4 atom stereocenters. The Morgan fingerprint density at radius 3 is 2.32 bits per heavy atom. The van der Waals surface area contributed by atoms with E-state index in [0.29, 0.717) is 18.2 Å². The first kappa shape index (κ1) is 29.7. The largest absolute Gasteiger partial charge is 0.481 e. The minimum atomic E-state index is -0.901. The van der Waals surface area contributed by atoms with Crippen LogP contribution in [-0.4, -0.2) is 76.8 Å². The number of nitrogens with one attached hydrogen (secondary N) is 1. The molecule has 3 heterocycles. The molecule has 1 amide bonds. The van der Waals surface area contributed by atoms with Gasteiger partial charge in [-0.25, -0.2) is 0 Å². The maximum Gasteiger partial charge on any atom is 0.303 e. The molecule has 3 fully saturated rings. The zero-order valence-corrected chi connectivity index (χ0v) is 23.7. The van der Waals surface area contributed by atoms with E-state index < -0.39 is 12.3 Å². The molecule has 0 spiro atoms. The topological polar surface area (TPSA) is 112 Å². The number of benzene rings is 2. The van der Waals surface area contributed by atoms with Crippen LogP contribution in [0.25, 0.3) is 0 Å². The zero-order chi connectivity index (χ0) is 28.6. The molecule has 3 saturated heterocycles. The van der Waals surface area contributed by atoms with Crippen molar-refractivity contribution in [3.63, 3.8) is 0 Å². The number of hydrogen-bond acceptors (Lipinski definition) is 7. The minimum absolute atomic E-state index is 0.00376. The molecular weight excluding hydrogens is 522 g/mol. The lowest BCUT2D eigenvalue weighted by atomic mass is 9.99. The van der Waals surface area contributed by atoms with Gasteiger partial charge in [-0.05, 0) is 75.0 Å². The monoisotopic (exact) mass is 565 g/mol. The standard InChI is InChI=1S/C32H43N3O6/c36-22-23-8-10-24(11-9-23)29-19-28(21-35-18-4-5-27(35)20-34-16-1-2-17-34)40-32(41-29)25-12-14-26(15-13-25)33-30(37)6-3-7-31(38)39/h8-15,27-29,32,36H,1-7,16-22H2,(H,33,37)(H,38,39)/t27-,28-,29+,32+/m0/s1. The second-order valence-corrected chi connectivity index (χ2v) is 11.6. The molecule has 222 valence electrons. The highest BCUT2D eigenvalue weighted by Crippen LogP contribution is 2.39. The normalized spacial score (nSPS) is 25.4. The van der Waals surface area contributed by atoms with Crippen LogP contribution in [0.3, 0.4) is 0 Å². The minimum Gasteiger partial charge on any atom is -0.481 e. The Labute approximate surface area is 242 Å². The molecule has 3 N–H and O–H groups in total. The van der Waals surface area contributed by atoms with Crippen molar-refractivity contribution >= 4 is 17.6 Å². The zero-order valence-electron chi connectivity index (χ0n) is 23.7. The van der Waals surface area contributed by atoms with Crippen molar-refractivity contribution in [2.45, 2.75) is 82.5 Å². The number of carbonyl (C=O) groups excluding carboxylic acids is 1. The molecule has 0 bridgehead atoms. The first-order chi connectivity index (χ1) is 20.0. The number of ether oxygens (including phenoxy) is 2. The SMILES string of the molecule is O=C(O)CCCC(=O)Nc1ccc([C@@H]2O[C@H](CN3CCC[C@H]3CN3CCCC3)C[C@H](c3ccc(CO)cc3)O2)cc1. The third-order valence-corrected chi connectivity index (χ3v) is 8.48. The lowest BCUT2D eigenvalue weighted by molar-refractivity contribution is -0.253. The van der Waals surface area contributed by atoms with Crippen LogP contribution in [0.2, 0.25) is 0 Å². The van der Waals surface area contributed by atoms with Gasteiger partial charge in [0.15, 0.2) is 6.29 Å². The number of rotatable bonds is 12. The van der Waals surface area contributed by atoms with Gasteiger partial charge < -0.3 is 29.9 Å². The number of aliphatic hydroxyl groups is 1. The molecule has 2 aromatic carbocycles. The third-order valence-electron chi connectivity index (χ3n) is 8.48. The molecule has 2 aromatic rings. The molecule has 3 aliphatic rings. The summed E-state index contributed by atoms with van der Waals surface area (Å²) in [4.78, 5) is 28.1. The van der Waals surface area contributed by atoms with Gasteiger partial charge in [-0.15, -0.1) is 0 Å². The number of likely N-dealkylation sites (tertiary alicyclic amines) is 2. The Morgan fingerprint density at radius 1 is 0.878 bits per heavy atom. The highest BCUT2D eigenvalue weighted by Gasteiger charge is 2.36. The number of carboxylic acid groups (broad SMARTS) is 1. The maximum atomic E-state index is 12.2. The van der Waals surface area contributed by atoms with Gasteiger partial charge in [0, 0.05) is 49.6 Å². The summed E-state index contributed by atoms with van der Waals surface area (Å²) in [6.07, 6.45) is 5.59. The fourth-order valence-corrected chi connectivity index (χ4v) is 6.25. The fraction of sp³-hybridized carbons (Fsp3) is 0.562.